The van der Waals surface area contributed by atoms with E-state index in [1.807, 2.05) is 6.07 Å². The standard InChI is InChI=1S/C9H6I2OS/c10-6-1-5(4-12)7-3-9(11)13-8(7)2-6/h1-3,12H,4H2. The lowest BCUT2D eigenvalue weighted by molar-refractivity contribution is 0.283. The van der Waals surface area contributed by atoms with Crippen LogP contribution in [0.1, 0.15) is 5.56 Å². The van der Waals surface area contributed by atoms with Crippen molar-refractivity contribution in [3.8, 4) is 0 Å². The molecular formula is C9H6I2OS. The number of rotatable bonds is 1. The molecule has 0 unspecified atom stereocenters. The second-order valence-electron chi connectivity index (χ2n) is 2.69. The third-order valence-corrected chi connectivity index (χ3v) is 4.29. The first kappa shape index (κ1) is 10.1. The van der Waals surface area contributed by atoms with Gasteiger partial charge in [0.05, 0.1) is 9.49 Å². The number of aliphatic hydroxyl groups is 1. The molecule has 68 valence electrons. The summed E-state index contributed by atoms with van der Waals surface area (Å²) in [6.45, 7) is 0.125. The van der Waals surface area contributed by atoms with Crippen LogP contribution in [0.2, 0.25) is 0 Å². The predicted octanol–water partition coefficient (Wildman–Crippen LogP) is 3.60. The van der Waals surface area contributed by atoms with Crippen LogP contribution in [0, 0.1) is 6.45 Å². The molecular weight excluding hydrogens is 410 g/mol. The van der Waals surface area contributed by atoms with E-state index in [1.54, 1.807) is 11.3 Å². The molecule has 1 N–H and O–H groups in total. The minimum Gasteiger partial charge on any atom is -0.392 e. The van der Waals surface area contributed by atoms with Crippen LogP contribution in [-0.2, 0) is 6.61 Å². The second kappa shape index (κ2) is 4.00. The first-order valence-corrected chi connectivity index (χ1v) is 6.66. The van der Waals surface area contributed by atoms with E-state index in [4.69, 9.17) is 5.11 Å². The van der Waals surface area contributed by atoms with Crippen LogP contribution in [0.3, 0.4) is 0 Å². The van der Waals surface area contributed by atoms with E-state index in [9.17, 15) is 0 Å². The average Bonchev–Trinajstić information content (AvgIpc) is 2.43. The van der Waals surface area contributed by atoms with Crippen LogP contribution in [0.25, 0.3) is 10.1 Å². The predicted molar refractivity (Wildman–Crippen MR) is 73.2 cm³/mol. The van der Waals surface area contributed by atoms with Gasteiger partial charge in [-0.3, -0.25) is 0 Å². The minimum absolute atomic E-state index is 0.125. The van der Waals surface area contributed by atoms with E-state index < -0.39 is 0 Å². The highest BCUT2D eigenvalue weighted by molar-refractivity contribution is 14.1. The number of hydrogen-bond donors (Lipinski definition) is 1. The van der Waals surface area contributed by atoms with Crippen molar-refractivity contribution in [3.63, 3.8) is 0 Å². The Kier molecular flexibility index (Phi) is 3.11. The van der Waals surface area contributed by atoms with Gasteiger partial charge < -0.3 is 5.11 Å². The van der Waals surface area contributed by atoms with Gasteiger partial charge in [0.15, 0.2) is 0 Å². The van der Waals surface area contributed by atoms with E-state index in [-0.39, 0.29) is 6.61 Å². The van der Waals surface area contributed by atoms with Crippen molar-refractivity contribution in [2.75, 3.05) is 0 Å². The van der Waals surface area contributed by atoms with Gasteiger partial charge in [0.1, 0.15) is 0 Å². The number of halogens is 2. The SMILES string of the molecule is OCc1cc(I)cc2sc(I)cc12. The number of aliphatic hydroxyl groups excluding tert-OH is 1. The highest BCUT2D eigenvalue weighted by Gasteiger charge is 2.05. The molecule has 1 aromatic carbocycles. The Hall–Kier alpha value is 0.600. The lowest BCUT2D eigenvalue weighted by atomic mass is 10.1. The van der Waals surface area contributed by atoms with Crippen LogP contribution < -0.4 is 0 Å². The highest BCUT2D eigenvalue weighted by Crippen LogP contribution is 2.31. The van der Waals surface area contributed by atoms with Gasteiger partial charge in [-0.05, 0) is 74.3 Å². The van der Waals surface area contributed by atoms with Crippen LogP contribution in [0.15, 0.2) is 18.2 Å². The Morgan fingerprint density at radius 2 is 2.00 bits per heavy atom. The molecule has 0 saturated heterocycles. The van der Waals surface area contributed by atoms with Gasteiger partial charge in [-0.25, -0.2) is 0 Å². The first-order chi connectivity index (χ1) is 6.20. The fourth-order valence-corrected chi connectivity index (χ4v) is 4.07. The van der Waals surface area contributed by atoms with Crippen LogP contribution in [0.5, 0.6) is 0 Å². The van der Waals surface area contributed by atoms with E-state index in [2.05, 4.69) is 57.3 Å². The highest BCUT2D eigenvalue weighted by atomic mass is 127. The van der Waals surface area contributed by atoms with Crippen molar-refractivity contribution in [1.29, 1.82) is 0 Å². The summed E-state index contributed by atoms with van der Waals surface area (Å²) in [7, 11) is 0. The summed E-state index contributed by atoms with van der Waals surface area (Å²) < 4.78 is 3.72. The zero-order valence-electron chi connectivity index (χ0n) is 6.55. The normalized spacial score (nSPS) is 11.0. The zero-order valence-corrected chi connectivity index (χ0v) is 11.7. The maximum absolute atomic E-state index is 9.17. The molecule has 1 aromatic heterocycles. The molecule has 2 rings (SSSR count). The summed E-state index contributed by atoms with van der Waals surface area (Å²) in [6, 6.07) is 6.32. The first-order valence-electron chi connectivity index (χ1n) is 3.69. The van der Waals surface area contributed by atoms with Gasteiger partial charge in [-0.15, -0.1) is 11.3 Å². The van der Waals surface area contributed by atoms with E-state index in [1.165, 1.54) is 16.5 Å². The molecule has 0 amide bonds. The largest absolute Gasteiger partial charge is 0.392 e. The molecule has 1 heterocycles. The molecule has 0 spiro atoms. The summed E-state index contributed by atoms with van der Waals surface area (Å²) in [5.41, 5.74) is 1.03. The lowest BCUT2D eigenvalue weighted by Gasteiger charge is -1.99. The van der Waals surface area contributed by atoms with E-state index in [0.717, 1.165) is 5.56 Å². The monoisotopic (exact) mass is 416 g/mol. The molecule has 4 heteroatoms. The van der Waals surface area contributed by atoms with Crippen molar-refractivity contribution in [2.24, 2.45) is 0 Å². The summed E-state index contributed by atoms with van der Waals surface area (Å²) in [5.74, 6) is 0. The topological polar surface area (TPSA) is 20.2 Å². The summed E-state index contributed by atoms with van der Waals surface area (Å²) in [6.07, 6.45) is 0. The van der Waals surface area contributed by atoms with Crippen molar-refractivity contribution in [1.82, 2.24) is 0 Å². The van der Waals surface area contributed by atoms with Gasteiger partial charge >= 0.3 is 0 Å². The zero-order chi connectivity index (χ0) is 9.42. The Morgan fingerprint density at radius 3 is 2.69 bits per heavy atom. The second-order valence-corrected chi connectivity index (χ2v) is 6.91. The van der Waals surface area contributed by atoms with Gasteiger partial charge in [0.2, 0.25) is 0 Å². The number of hydrogen-bond acceptors (Lipinski definition) is 2. The van der Waals surface area contributed by atoms with Crippen molar-refractivity contribution >= 4 is 66.6 Å². The third-order valence-electron chi connectivity index (χ3n) is 1.83. The number of benzene rings is 1. The molecule has 0 fully saturated rings. The van der Waals surface area contributed by atoms with Gasteiger partial charge in [-0.2, -0.15) is 0 Å². The van der Waals surface area contributed by atoms with E-state index >= 15 is 0 Å². The number of thiophene rings is 1. The molecule has 13 heavy (non-hydrogen) atoms. The van der Waals surface area contributed by atoms with Crippen LogP contribution in [0.4, 0.5) is 0 Å². The third kappa shape index (κ3) is 2.00. The Morgan fingerprint density at radius 1 is 1.23 bits per heavy atom. The summed E-state index contributed by atoms with van der Waals surface area (Å²) >= 11 is 6.36. The fraction of sp³-hybridized carbons (Fsp3) is 0.111. The van der Waals surface area contributed by atoms with Crippen LogP contribution >= 0.6 is 56.5 Å². The van der Waals surface area contributed by atoms with Crippen molar-refractivity contribution in [2.45, 2.75) is 6.61 Å². The van der Waals surface area contributed by atoms with Crippen molar-refractivity contribution < 1.29 is 5.11 Å². The molecule has 1 nitrogen and oxygen atoms in total. The Bertz CT molecular complexity index is 450. The molecule has 0 saturated carbocycles. The molecule has 0 aliphatic carbocycles. The smallest absolute Gasteiger partial charge is 0.0688 e. The minimum atomic E-state index is 0.125. The maximum Gasteiger partial charge on any atom is 0.0688 e. The molecule has 0 radical (unpaired) electrons. The molecule has 0 atom stereocenters. The average molecular weight is 416 g/mol. The quantitative estimate of drug-likeness (QED) is 0.705. The molecule has 0 aliphatic rings. The maximum atomic E-state index is 9.17. The summed E-state index contributed by atoms with van der Waals surface area (Å²) in [5, 5.41) is 10.4. The fourth-order valence-electron chi connectivity index (χ4n) is 1.27. The van der Waals surface area contributed by atoms with Gasteiger partial charge in [0.25, 0.3) is 0 Å². The lowest BCUT2D eigenvalue weighted by Crippen LogP contribution is -1.84. The van der Waals surface area contributed by atoms with E-state index in [0.29, 0.717) is 0 Å². The summed E-state index contributed by atoms with van der Waals surface area (Å²) in [4.78, 5) is 0. The van der Waals surface area contributed by atoms with Gasteiger partial charge in [-0.1, -0.05) is 0 Å². The van der Waals surface area contributed by atoms with Gasteiger partial charge in [0, 0.05) is 8.27 Å². The van der Waals surface area contributed by atoms with Crippen molar-refractivity contribution in [3.05, 3.63) is 30.2 Å². The molecule has 0 aliphatic heterocycles. The number of fused-ring (bicyclic) bond motifs is 1. The molecule has 0 bridgehead atoms. The van der Waals surface area contributed by atoms with Crippen LogP contribution in [-0.4, -0.2) is 5.11 Å². The Balaban J connectivity index is 2.80. The Labute approximate surface area is 107 Å². The molecule has 2 aromatic rings.